The van der Waals surface area contributed by atoms with Gasteiger partial charge in [-0.1, -0.05) is 6.07 Å². The summed E-state index contributed by atoms with van der Waals surface area (Å²) in [6.45, 7) is 2.23. The molecule has 1 saturated heterocycles. The fraction of sp³-hybridized carbons (Fsp3) is 0.417. The predicted octanol–water partition coefficient (Wildman–Crippen LogP) is 1.80. The topological polar surface area (TPSA) is 29.3 Å². The quantitative estimate of drug-likeness (QED) is 0.762. The molecular formula is C12H15N3. The zero-order chi connectivity index (χ0) is 10.1. The maximum atomic E-state index is 4.55. The maximum Gasteiger partial charge on any atom is 0.116 e. The number of nitrogens with zero attached hydrogens (tertiary/aromatic N) is 2. The van der Waals surface area contributed by atoms with Crippen LogP contribution in [0.5, 0.6) is 0 Å². The molecule has 0 aliphatic carbocycles. The highest BCUT2D eigenvalue weighted by Crippen LogP contribution is 2.24. The monoisotopic (exact) mass is 201 g/mol. The average Bonchev–Trinajstić information content (AvgIpc) is 2.74. The van der Waals surface area contributed by atoms with E-state index in [1.54, 1.807) is 0 Å². The van der Waals surface area contributed by atoms with Gasteiger partial charge in [0, 0.05) is 12.1 Å². The molecule has 2 aromatic rings. The Bertz CT molecular complexity index is 455. The van der Waals surface area contributed by atoms with Crippen LogP contribution >= 0.6 is 0 Å². The van der Waals surface area contributed by atoms with Gasteiger partial charge in [-0.15, -0.1) is 0 Å². The Balaban J connectivity index is 2.02. The molecule has 1 aliphatic rings. The predicted molar refractivity (Wildman–Crippen MR) is 60.0 cm³/mol. The molecule has 0 unspecified atom stereocenters. The van der Waals surface area contributed by atoms with Crippen molar-refractivity contribution in [2.45, 2.75) is 18.8 Å². The van der Waals surface area contributed by atoms with Crippen LogP contribution in [0, 0.1) is 0 Å². The smallest absolute Gasteiger partial charge is 0.116 e. The van der Waals surface area contributed by atoms with Crippen molar-refractivity contribution >= 4 is 5.52 Å². The number of rotatable bonds is 1. The molecular weight excluding hydrogens is 186 g/mol. The van der Waals surface area contributed by atoms with Crippen molar-refractivity contribution in [3.63, 3.8) is 0 Å². The summed E-state index contributed by atoms with van der Waals surface area (Å²) in [5.41, 5.74) is 1.20. The Labute approximate surface area is 89.1 Å². The van der Waals surface area contributed by atoms with E-state index in [1.807, 2.05) is 6.20 Å². The molecule has 0 aromatic carbocycles. The van der Waals surface area contributed by atoms with Gasteiger partial charge in [-0.25, -0.2) is 4.98 Å². The van der Waals surface area contributed by atoms with Crippen LogP contribution < -0.4 is 5.32 Å². The van der Waals surface area contributed by atoms with E-state index in [1.165, 1.54) is 24.2 Å². The average molecular weight is 201 g/mol. The third-order valence-electron chi connectivity index (χ3n) is 3.17. The second-order valence-corrected chi connectivity index (χ2v) is 4.14. The first kappa shape index (κ1) is 8.92. The standard InChI is InChI=1S/C12H15N3/c1-2-8-15-11(3-1)9-14-12(15)10-4-6-13-7-5-10/h1-3,8-10,13H,4-7H2. The van der Waals surface area contributed by atoms with Gasteiger partial charge in [0.15, 0.2) is 0 Å². The van der Waals surface area contributed by atoms with Gasteiger partial charge >= 0.3 is 0 Å². The molecule has 2 aromatic heterocycles. The summed E-state index contributed by atoms with van der Waals surface area (Å²) in [6.07, 6.45) is 6.49. The van der Waals surface area contributed by atoms with Crippen LogP contribution in [0.4, 0.5) is 0 Å². The highest BCUT2D eigenvalue weighted by molar-refractivity contribution is 5.45. The third kappa shape index (κ3) is 1.53. The van der Waals surface area contributed by atoms with E-state index in [4.69, 9.17) is 0 Å². The van der Waals surface area contributed by atoms with E-state index >= 15 is 0 Å². The molecule has 78 valence electrons. The Kier molecular flexibility index (Phi) is 2.18. The summed E-state index contributed by atoms with van der Waals surface area (Å²) in [6, 6.07) is 6.24. The lowest BCUT2D eigenvalue weighted by Gasteiger charge is -2.21. The van der Waals surface area contributed by atoms with E-state index in [9.17, 15) is 0 Å². The van der Waals surface area contributed by atoms with Gasteiger partial charge in [0.2, 0.25) is 0 Å². The normalized spacial score (nSPS) is 18.4. The van der Waals surface area contributed by atoms with E-state index in [0.29, 0.717) is 5.92 Å². The zero-order valence-electron chi connectivity index (χ0n) is 8.69. The largest absolute Gasteiger partial charge is 0.317 e. The van der Waals surface area contributed by atoms with Crippen molar-refractivity contribution in [1.82, 2.24) is 14.7 Å². The second-order valence-electron chi connectivity index (χ2n) is 4.14. The lowest BCUT2D eigenvalue weighted by molar-refractivity contribution is 0.444. The Morgan fingerprint density at radius 3 is 3.00 bits per heavy atom. The van der Waals surface area contributed by atoms with Gasteiger partial charge in [0.25, 0.3) is 0 Å². The molecule has 0 radical (unpaired) electrons. The van der Waals surface area contributed by atoms with E-state index in [0.717, 1.165) is 13.1 Å². The van der Waals surface area contributed by atoms with E-state index < -0.39 is 0 Å². The van der Waals surface area contributed by atoms with Gasteiger partial charge < -0.3 is 9.72 Å². The Morgan fingerprint density at radius 1 is 1.27 bits per heavy atom. The number of hydrogen-bond acceptors (Lipinski definition) is 2. The number of imidazole rings is 1. The van der Waals surface area contributed by atoms with Crippen molar-refractivity contribution in [3.8, 4) is 0 Å². The molecule has 1 N–H and O–H groups in total. The first-order valence-electron chi connectivity index (χ1n) is 5.58. The van der Waals surface area contributed by atoms with Crippen LogP contribution in [-0.4, -0.2) is 22.5 Å². The number of aromatic nitrogens is 2. The molecule has 0 amide bonds. The van der Waals surface area contributed by atoms with Gasteiger partial charge in [-0.05, 0) is 38.1 Å². The molecule has 3 nitrogen and oxygen atoms in total. The lowest BCUT2D eigenvalue weighted by Crippen LogP contribution is -2.27. The summed E-state index contributed by atoms with van der Waals surface area (Å²) in [4.78, 5) is 4.55. The molecule has 3 rings (SSSR count). The number of hydrogen-bond donors (Lipinski definition) is 1. The maximum absolute atomic E-state index is 4.55. The molecule has 1 aliphatic heterocycles. The molecule has 0 spiro atoms. The first-order valence-corrected chi connectivity index (χ1v) is 5.58. The minimum absolute atomic E-state index is 0.621. The van der Waals surface area contributed by atoms with E-state index in [2.05, 4.69) is 39.1 Å². The third-order valence-corrected chi connectivity index (χ3v) is 3.17. The number of pyridine rings is 1. The molecule has 0 bridgehead atoms. The molecule has 15 heavy (non-hydrogen) atoms. The van der Waals surface area contributed by atoms with Gasteiger partial charge in [0.1, 0.15) is 5.82 Å². The summed E-state index contributed by atoms with van der Waals surface area (Å²) in [5, 5.41) is 3.39. The summed E-state index contributed by atoms with van der Waals surface area (Å²) < 4.78 is 2.22. The van der Waals surface area contributed by atoms with Gasteiger partial charge in [0.05, 0.1) is 11.7 Å². The number of piperidine rings is 1. The first-order chi connectivity index (χ1) is 7.45. The fourth-order valence-corrected chi connectivity index (χ4v) is 2.35. The van der Waals surface area contributed by atoms with Crippen LogP contribution in [0.2, 0.25) is 0 Å². The van der Waals surface area contributed by atoms with E-state index in [-0.39, 0.29) is 0 Å². The molecule has 3 heteroatoms. The van der Waals surface area contributed by atoms with Crippen LogP contribution in [-0.2, 0) is 0 Å². The van der Waals surface area contributed by atoms with Crippen molar-refractivity contribution in [3.05, 3.63) is 36.4 Å². The highest BCUT2D eigenvalue weighted by atomic mass is 15.0. The van der Waals surface area contributed by atoms with Crippen LogP contribution in [0.15, 0.2) is 30.6 Å². The molecule has 1 fully saturated rings. The number of fused-ring (bicyclic) bond motifs is 1. The Morgan fingerprint density at radius 2 is 2.13 bits per heavy atom. The van der Waals surface area contributed by atoms with Gasteiger partial charge in [-0.3, -0.25) is 0 Å². The highest BCUT2D eigenvalue weighted by Gasteiger charge is 2.18. The van der Waals surface area contributed by atoms with Crippen molar-refractivity contribution in [2.24, 2.45) is 0 Å². The molecule has 0 saturated carbocycles. The zero-order valence-corrected chi connectivity index (χ0v) is 8.69. The van der Waals surface area contributed by atoms with Gasteiger partial charge in [-0.2, -0.15) is 0 Å². The second kappa shape index (κ2) is 3.66. The summed E-state index contributed by atoms with van der Waals surface area (Å²) >= 11 is 0. The minimum Gasteiger partial charge on any atom is -0.317 e. The molecule has 0 atom stereocenters. The minimum atomic E-state index is 0.621. The molecule has 3 heterocycles. The fourth-order valence-electron chi connectivity index (χ4n) is 2.35. The van der Waals surface area contributed by atoms with Crippen LogP contribution in [0.3, 0.4) is 0 Å². The van der Waals surface area contributed by atoms with Crippen molar-refractivity contribution in [1.29, 1.82) is 0 Å². The van der Waals surface area contributed by atoms with Crippen LogP contribution in [0.25, 0.3) is 5.52 Å². The van der Waals surface area contributed by atoms with Crippen molar-refractivity contribution < 1.29 is 0 Å². The number of nitrogens with one attached hydrogen (secondary N) is 1. The van der Waals surface area contributed by atoms with Crippen LogP contribution in [0.1, 0.15) is 24.6 Å². The summed E-state index contributed by atoms with van der Waals surface area (Å²) in [7, 11) is 0. The lowest BCUT2D eigenvalue weighted by atomic mass is 9.97. The summed E-state index contributed by atoms with van der Waals surface area (Å²) in [5.74, 6) is 1.85. The SMILES string of the molecule is c1ccn2c(C3CCNCC3)ncc2c1. The Hall–Kier alpha value is -1.35. The van der Waals surface area contributed by atoms with Crippen molar-refractivity contribution in [2.75, 3.05) is 13.1 Å².